The van der Waals surface area contributed by atoms with Crippen molar-refractivity contribution in [2.24, 2.45) is 0 Å². The molecule has 0 N–H and O–H groups in total. The number of benzene rings is 1. The van der Waals surface area contributed by atoms with Crippen LogP contribution in [0.15, 0.2) is 74.4 Å². The lowest BCUT2D eigenvalue weighted by atomic mass is 10.2. The van der Waals surface area contributed by atoms with E-state index in [1.54, 1.807) is 6.08 Å². The van der Waals surface area contributed by atoms with Gasteiger partial charge in [0.15, 0.2) is 0 Å². The molecule has 0 spiro atoms. The maximum Gasteiger partial charge on any atom is -0.0106 e. The second-order valence-electron chi connectivity index (χ2n) is 2.97. The molecule has 1 rings (SSSR count). The van der Waals surface area contributed by atoms with Gasteiger partial charge >= 0.3 is 0 Å². The van der Waals surface area contributed by atoms with Gasteiger partial charge in [-0.3, -0.25) is 0 Å². The van der Waals surface area contributed by atoms with Crippen LogP contribution in [-0.2, 0) is 0 Å². The van der Waals surface area contributed by atoms with Crippen LogP contribution in [0.1, 0.15) is 12.0 Å². The highest BCUT2D eigenvalue weighted by Crippen LogP contribution is 1.97. The van der Waals surface area contributed by atoms with Crippen molar-refractivity contribution >= 4 is 6.08 Å². The van der Waals surface area contributed by atoms with E-state index >= 15 is 0 Å². The lowest BCUT2D eigenvalue weighted by Gasteiger charge is -1.85. The van der Waals surface area contributed by atoms with E-state index in [0.717, 1.165) is 12.0 Å². The van der Waals surface area contributed by atoms with Gasteiger partial charge < -0.3 is 0 Å². The van der Waals surface area contributed by atoms with Crippen molar-refractivity contribution in [1.82, 2.24) is 0 Å². The summed E-state index contributed by atoms with van der Waals surface area (Å²) >= 11 is 0. The summed E-state index contributed by atoms with van der Waals surface area (Å²) in [5.74, 6) is 0. The predicted molar refractivity (Wildman–Crippen MR) is 70.7 cm³/mol. The fourth-order valence-corrected chi connectivity index (χ4v) is 0.858. The SMILES string of the molecule is C=CCC(=C)C=C.C=Cc1ccccc1. The van der Waals surface area contributed by atoms with Gasteiger partial charge in [-0.25, -0.2) is 0 Å². The van der Waals surface area contributed by atoms with E-state index in [9.17, 15) is 0 Å². The van der Waals surface area contributed by atoms with E-state index in [2.05, 4.69) is 26.3 Å². The first-order valence-electron chi connectivity index (χ1n) is 4.83. The molecule has 0 aliphatic rings. The maximum absolute atomic E-state index is 3.67. The molecule has 0 aromatic heterocycles. The van der Waals surface area contributed by atoms with E-state index in [1.165, 1.54) is 5.56 Å². The second kappa shape index (κ2) is 8.76. The summed E-state index contributed by atoms with van der Waals surface area (Å²) in [7, 11) is 0. The Morgan fingerprint density at radius 2 is 1.67 bits per heavy atom. The molecule has 0 aliphatic carbocycles. The van der Waals surface area contributed by atoms with Crippen LogP contribution < -0.4 is 0 Å². The van der Waals surface area contributed by atoms with Crippen LogP contribution in [0, 0.1) is 0 Å². The molecule has 0 unspecified atom stereocenters. The zero-order chi connectivity index (χ0) is 11.5. The molecule has 0 atom stereocenters. The summed E-state index contributed by atoms with van der Waals surface area (Å²) in [4.78, 5) is 0. The molecule has 0 saturated heterocycles. The van der Waals surface area contributed by atoms with Crippen molar-refractivity contribution in [3.05, 3.63) is 79.9 Å². The van der Waals surface area contributed by atoms with Crippen LogP contribution >= 0.6 is 0 Å². The first-order chi connectivity index (χ1) is 7.24. The minimum absolute atomic E-state index is 0.851. The van der Waals surface area contributed by atoms with Gasteiger partial charge in [-0.05, 0) is 12.0 Å². The molecule has 0 amide bonds. The molecule has 78 valence electrons. The summed E-state index contributed by atoms with van der Waals surface area (Å²) < 4.78 is 0. The fraction of sp³-hybridized carbons (Fsp3) is 0.0667. The first kappa shape index (κ1) is 13.2. The van der Waals surface area contributed by atoms with E-state index in [0.29, 0.717) is 0 Å². The minimum Gasteiger partial charge on any atom is -0.103 e. The quantitative estimate of drug-likeness (QED) is 0.488. The molecular weight excluding hydrogens is 180 g/mol. The van der Waals surface area contributed by atoms with Gasteiger partial charge in [0.05, 0.1) is 0 Å². The van der Waals surface area contributed by atoms with Crippen LogP contribution in [0.3, 0.4) is 0 Å². The van der Waals surface area contributed by atoms with Crippen molar-refractivity contribution in [1.29, 1.82) is 0 Å². The summed E-state index contributed by atoms with van der Waals surface area (Å²) in [6.45, 7) is 14.4. The molecule has 0 saturated carbocycles. The smallest absolute Gasteiger partial charge is 0.0106 e. The summed E-state index contributed by atoms with van der Waals surface area (Å²) in [5, 5.41) is 0. The lowest BCUT2D eigenvalue weighted by Crippen LogP contribution is -1.65. The zero-order valence-electron chi connectivity index (χ0n) is 9.15. The highest BCUT2D eigenvalue weighted by atomic mass is 13.8. The molecule has 15 heavy (non-hydrogen) atoms. The van der Waals surface area contributed by atoms with Gasteiger partial charge in [-0.1, -0.05) is 73.9 Å². The first-order valence-corrected chi connectivity index (χ1v) is 4.83. The lowest BCUT2D eigenvalue weighted by molar-refractivity contribution is 1.31. The molecule has 0 nitrogen and oxygen atoms in total. The standard InChI is InChI=1S/C8H8.C7H10/c1-2-8-6-4-3-5-7-8;1-4-6-7(3)5-2/h2-7H,1H2;4-5H,1-3,6H2. The zero-order valence-corrected chi connectivity index (χ0v) is 9.15. The number of hydrogen-bond acceptors (Lipinski definition) is 0. The largest absolute Gasteiger partial charge is 0.103 e. The van der Waals surface area contributed by atoms with Gasteiger partial charge in [0.1, 0.15) is 0 Å². The van der Waals surface area contributed by atoms with Crippen LogP contribution in [0.2, 0.25) is 0 Å². The summed E-state index contributed by atoms with van der Waals surface area (Å²) in [5.41, 5.74) is 2.20. The minimum atomic E-state index is 0.851. The van der Waals surface area contributed by atoms with Crippen LogP contribution in [0.5, 0.6) is 0 Å². The van der Waals surface area contributed by atoms with E-state index in [-0.39, 0.29) is 0 Å². The van der Waals surface area contributed by atoms with Gasteiger partial charge in [0.2, 0.25) is 0 Å². The van der Waals surface area contributed by atoms with Crippen molar-refractivity contribution in [3.8, 4) is 0 Å². The second-order valence-corrected chi connectivity index (χ2v) is 2.97. The third-order valence-electron chi connectivity index (χ3n) is 1.73. The topological polar surface area (TPSA) is 0 Å². The third-order valence-corrected chi connectivity index (χ3v) is 1.73. The van der Waals surface area contributed by atoms with Crippen LogP contribution in [0.4, 0.5) is 0 Å². The molecule has 0 heterocycles. The molecule has 0 radical (unpaired) electrons. The van der Waals surface area contributed by atoms with Crippen molar-refractivity contribution in [2.75, 3.05) is 0 Å². The van der Waals surface area contributed by atoms with Gasteiger partial charge in [-0.15, -0.1) is 6.58 Å². The number of hydrogen-bond donors (Lipinski definition) is 0. The molecule has 1 aromatic rings. The van der Waals surface area contributed by atoms with Crippen molar-refractivity contribution < 1.29 is 0 Å². The molecule has 1 aromatic carbocycles. The van der Waals surface area contributed by atoms with Crippen molar-refractivity contribution in [2.45, 2.75) is 6.42 Å². The molecule has 0 heteroatoms. The summed E-state index contributed by atoms with van der Waals surface area (Å²) in [6.07, 6.45) is 6.23. The third kappa shape index (κ3) is 7.27. The molecule has 0 fully saturated rings. The fourth-order valence-electron chi connectivity index (χ4n) is 0.858. The molecule has 0 bridgehead atoms. The van der Waals surface area contributed by atoms with Crippen LogP contribution in [-0.4, -0.2) is 0 Å². The summed E-state index contributed by atoms with van der Waals surface area (Å²) in [6, 6.07) is 10.0. The normalized spacial score (nSPS) is 8.00. The van der Waals surface area contributed by atoms with Crippen LogP contribution in [0.25, 0.3) is 6.08 Å². The Balaban J connectivity index is 0.000000265. The average Bonchev–Trinajstić information content (AvgIpc) is 2.31. The highest BCUT2D eigenvalue weighted by molar-refractivity contribution is 5.45. The average molecular weight is 198 g/mol. The van der Waals surface area contributed by atoms with E-state index < -0.39 is 0 Å². The monoisotopic (exact) mass is 198 g/mol. The van der Waals surface area contributed by atoms with Gasteiger partial charge in [0.25, 0.3) is 0 Å². The molecule has 0 aliphatic heterocycles. The Bertz CT molecular complexity index is 317. The van der Waals surface area contributed by atoms with E-state index in [1.807, 2.05) is 42.5 Å². The number of allylic oxidation sites excluding steroid dienone is 3. The van der Waals surface area contributed by atoms with Gasteiger partial charge in [-0.2, -0.15) is 0 Å². The number of rotatable bonds is 4. The molecular formula is C15H18. The Labute approximate surface area is 93.0 Å². The van der Waals surface area contributed by atoms with Crippen molar-refractivity contribution in [3.63, 3.8) is 0 Å². The van der Waals surface area contributed by atoms with E-state index in [4.69, 9.17) is 0 Å². The predicted octanol–water partition coefficient (Wildman–Crippen LogP) is 4.63. The Kier molecular flexibility index (Phi) is 7.70. The Morgan fingerprint density at radius 3 is 1.93 bits per heavy atom. The van der Waals surface area contributed by atoms with Gasteiger partial charge in [0, 0.05) is 0 Å². The Hall–Kier alpha value is -1.82. The maximum atomic E-state index is 3.67. The highest BCUT2D eigenvalue weighted by Gasteiger charge is 1.76. The Morgan fingerprint density at radius 1 is 1.07 bits per heavy atom.